The minimum atomic E-state index is -0.206. The number of furan rings is 1. The van der Waals surface area contributed by atoms with Gasteiger partial charge in [0.2, 0.25) is 0 Å². The Kier molecular flexibility index (Phi) is 6.20. The average molecular weight is 767 g/mol. The van der Waals surface area contributed by atoms with E-state index in [0.717, 1.165) is 16.6 Å². The first-order valence-electron chi connectivity index (χ1n) is 20.9. The second-order valence-corrected chi connectivity index (χ2v) is 20.1. The molecule has 3 nitrogen and oxygen atoms in total. The maximum absolute atomic E-state index is 7.13. The number of thiophene rings is 1. The van der Waals surface area contributed by atoms with Crippen molar-refractivity contribution in [1.29, 1.82) is 0 Å². The van der Waals surface area contributed by atoms with Gasteiger partial charge >= 0.3 is 6.85 Å². The number of nitrogens with zero attached hydrogens (tertiary/aromatic N) is 2. The zero-order valence-electron chi connectivity index (χ0n) is 33.8. The summed E-state index contributed by atoms with van der Waals surface area (Å²) >= 11 is 1.93. The summed E-state index contributed by atoms with van der Waals surface area (Å²) in [4.78, 5) is 5.32. The number of anilines is 5. The number of para-hydroxylation sites is 3. The monoisotopic (exact) mass is 766 g/mol. The summed E-state index contributed by atoms with van der Waals surface area (Å²) in [6.45, 7) is 14.5. The molecule has 5 heterocycles. The summed E-state index contributed by atoms with van der Waals surface area (Å²) < 4.78 is 9.80. The fraction of sp³-hybridized carbons (Fsp3) is 0.208. The van der Waals surface area contributed by atoms with Crippen molar-refractivity contribution >= 4 is 99.7 Å². The third-order valence-corrected chi connectivity index (χ3v) is 15.9. The van der Waals surface area contributed by atoms with Gasteiger partial charge in [-0.05, 0) is 105 Å². The van der Waals surface area contributed by atoms with Crippen LogP contribution < -0.4 is 20.6 Å². The Morgan fingerprint density at radius 3 is 2.19 bits per heavy atom. The molecule has 5 heteroatoms. The highest BCUT2D eigenvalue weighted by molar-refractivity contribution is 7.26. The molecule has 9 aromatic rings. The van der Waals surface area contributed by atoms with Crippen LogP contribution in [-0.4, -0.2) is 6.85 Å². The van der Waals surface area contributed by atoms with E-state index in [0.29, 0.717) is 0 Å². The quantitative estimate of drug-likeness (QED) is 0.155. The van der Waals surface area contributed by atoms with Crippen LogP contribution in [0.5, 0.6) is 0 Å². The molecule has 0 atom stereocenters. The highest BCUT2D eigenvalue weighted by Crippen LogP contribution is 2.58. The Balaban J connectivity index is 1.24. The number of fused-ring (bicyclic) bond motifs is 15. The Labute approximate surface area is 343 Å². The van der Waals surface area contributed by atoms with Crippen LogP contribution in [0.3, 0.4) is 0 Å². The molecule has 1 aliphatic carbocycles. The second-order valence-electron chi connectivity index (χ2n) is 19.1. The molecule has 2 aromatic heterocycles. The van der Waals surface area contributed by atoms with Gasteiger partial charge in [-0.2, -0.15) is 0 Å². The smallest absolute Gasteiger partial charge is 0.333 e. The van der Waals surface area contributed by atoms with Crippen LogP contribution >= 0.6 is 11.3 Å². The molecule has 0 unspecified atom stereocenters. The van der Waals surface area contributed by atoms with Crippen molar-refractivity contribution in [2.24, 2.45) is 0 Å². The van der Waals surface area contributed by atoms with Crippen LogP contribution in [0, 0.1) is 0 Å². The first-order valence-corrected chi connectivity index (χ1v) is 21.7. The summed E-state index contributed by atoms with van der Waals surface area (Å²) in [5, 5.41) is 4.97. The van der Waals surface area contributed by atoms with Gasteiger partial charge in [-0.15, -0.1) is 11.3 Å². The van der Waals surface area contributed by atoms with E-state index in [9.17, 15) is 0 Å². The Morgan fingerprint density at radius 2 is 1.33 bits per heavy atom. The summed E-state index contributed by atoms with van der Waals surface area (Å²) in [6, 6.07) is 48.5. The van der Waals surface area contributed by atoms with Gasteiger partial charge in [-0.3, -0.25) is 0 Å². The number of rotatable bonds is 1. The van der Waals surface area contributed by atoms with Gasteiger partial charge in [0.05, 0.1) is 11.4 Å². The van der Waals surface area contributed by atoms with Crippen molar-refractivity contribution in [3.05, 3.63) is 150 Å². The van der Waals surface area contributed by atoms with Gasteiger partial charge in [0.15, 0.2) is 5.58 Å². The molecule has 13 rings (SSSR count). The average Bonchev–Trinajstić information content (AvgIpc) is 3.80. The van der Waals surface area contributed by atoms with Gasteiger partial charge in [-0.25, -0.2) is 0 Å². The number of benzene rings is 7. The summed E-state index contributed by atoms with van der Waals surface area (Å²) in [6.07, 6.45) is 2.37. The highest BCUT2D eigenvalue weighted by Gasteiger charge is 2.51. The summed E-state index contributed by atoms with van der Waals surface area (Å²) in [5.74, 6) is 0. The first kappa shape index (κ1) is 33.2. The zero-order chi connectivity index (χ0) is 39.0. The van der Waals surface area contributed by atoms with Gasteiger partial charge in [0, 0.05) is 59.0 Å². The van der Waals surface area contributed by atoms with E-state index < -0.39 is 0 Å². The predicted octanol–water partition coefficient (Wildman–Crippen LogP) is 13.6. The van der Waals surface area contributed by atoms with Crippen molar-refractivity contribution < 1.29 is 4.42 Å². The van der Waals surface area contributed by atoms with Crippen molar-refractivity contribution in [3.63, 3.8) is 0 Å². The second kappa shape index (κ2) is 10.8. The zero-order valence-corrected chi connectivity index (χ0v) is 34.6. The van der Waals surface area contributed by atoms with E-state index in [1.54, 1.807) is 0 Å². The molecule has 0 radical (unpaired) electrons. The van der Waals surface area contributed by atoms with Gasteiger partial charge in [0.25, 0.3) is 0 Å². The van der Waals surface area contributed by atoms with Crippen LogP contribution in [-0.2, 0) is 16.2 Å². The van der Waals surface area contributed by atoms with Crippen molar-refractivity contribution in [2.45, 2.75) is 70.6 Å². The molecule has 0 amide bonds. The molecule has 58 heavy (non-hydrogen) atoms. The van der Waals surface area contributed by atoms with Crippen molar-refractivity contribution in [1.82, 2.24) is 0 Å². The molecule has 0 bridgehead atoms. The first-order chi connectivity index (χ1) is 28.0. The normalized spacial score (nSPS) is 17.7. The molecule has 3 aliphatic heterocycles. The molecule has 0 spiro atoms. The highest BCUT2D eigenvalue weighted by atomic mass is 32.1. The van der Waals surface area contributed by atoms with Crippen molar-refractivity contribution in [3.8, 4) is 11.1 Å². The molecular weight excluding hydrogens is 723 g/mol. The Morgan fingerprint density at radius 1 is 0.586 bits per heavy atom. The molecular formula is C53H43BN2OS. The van der Waals surface area contributed by atoms with Crippen LogP contribution in [0.2, 0.25) is 0 Å². The summed E-state index contributed by atoms with van der Waals surface area (Å²) in [5.41, 5.74) is 19.0. The molecule has 0 fully saturated rings. The maximum Gasteiger partial charge on any atom is 0.333 e. The standard InChI is InChI=1S/C53H43BN2OS/c1-51(2)26-27-52(3,4)39-28-30(22-24-36(39)51)56-42-25-23-33-32-15-8-12-21-44(32)58-50(33)45(42)35-29-34-31-14-7-11-20-43(31)57-49(34)48-46(35)54(56)40-18-13-17-38-47(40)55(48)41-19-10-9-16-37(41)53(38,5)6/h7-25,28-29H,26-27H2,1-6H3. The lowest BCUT2D eigenvalue weighted by molar-refractivity contribution is 0.332. The van der Waals surface area contributed by atoms with E-state index >= 15 is 0 Å². The molecule has 0 N–H and O–H groups in total. The van der Waals surface area contributed by atoms with Gasteiger partial charge in [-0.1, -0.05) is 126 Å². The maximum atomic E-state index is 7.13. The molecule has 4 aliphatic rings. The lowest BCUT2D eigenvalue weighted by Crippen LogP contribution is -2.62. The van der Waals surface area contributed by atoms with E-state index in [4.69, 9.17) is 4.42 Å². The third-order valence-electron chi connectivity index (χ3n) is 14.7. The molecule has 280 valence electrons. The van der Waals surface area contributed by atoms with Crippen LogP contribution in [0.15, 0.2) is 132 Å². The Bertz CT molecular complexity index is 3310. The topological polar surface area (TPSA) is 19.6 Å². The van der Waals surface area contributed by atoms with Gasteiger partial charge in [0.1, 0.15) is 5.58 Å². The van der Waals surface area contributed by atoms with Crippen LogP contribution in [0.4, 0.5) is 28.4 Å². The van der Waals surface area contributed by atoms with Crippen LogP contribution in [0.1, 0.15) is 76.6 Å². The molecule has 0 saturated heterocycles. The SMILES string of the molecule is CC1(C)CCC(C)(C)c2cc(N3B4c5cccc6c5N(c5ccccc5C6(C)C)c5c4c(cc4c5oc5ccccc54)-c4c3ccc3c4sc4ccccc43)ccc21. The minimum Gasteiger partial charge on any atom is -0.454 e. The molecule has 0 saturated carbocycles. The largest absolute Gasteiger partial charge is 0.454 e. The fourth-order valence-electron chi connectivity index (χ4n) is 11.6. The third kappa shape index (κ3) is 4.01. The number of hydrogen-bond acceptors (Lipinski definition) is 4. The van der Waals surface area contributed by atoms with E-state index in [1.807, 2.05) is 11.3 Å². The van der Waals surface area contributed by atoms with Gasteiger partial charge < -0.3 is 14.1 Å². The van der Waals surface area contributed by atoms with E-state index in [-0.39, 0.29) is 23.1 Å². The lowest BCUT2D eigenvalue weighted by Gasteiger charge is -2.50. The minimum absolute atomic E-state index is 0.0709. The Hall–Kier alpha value is -5.78. The lowest BCUT2D eigenvalue weighted by atomic mass is 9.42. The van der Waals surface area contributed by atoms with Crippen LogP contribution in [0.25, 0.3) is 53.2 Å². The van der Waals surface area contributed by atoms with Crippen molar-refractivity contribution in [2.75, 3.05) is 9.71 Å². The number of hydrogen-bond donors (Lipinski definition) is 0. The van der Waals surface area contributed by atoms with E-state index in [2.05, 4.69) is 179 Å². The summed E-state index contributed by atoms with van der Waals surface area (Å²) in [7, 11) is 0. The fourth-order valence-corrected chi connectivity index (χ4v) is 12.9. The van der Waals surface area contributed by atoms with E-state index in [1.165, 1.54) is 111 Å². The predicted molar refractivity (Wildman–Crippen MR) is 248 cm³/mol. The molecule has 7 aromatic carbocycles.